The molecule has 0 radical (unpaired) electrons. The number of carboxylic acids is 1. The number of carbonyl (C=O) groups is 2. The van der Waals surface area contributed by atoms with Gasteiger partial charge in [0, 0.05) is 26.2 Å². The maximum Gasteiger partial charge on any atom is 0.317 e. The van der Waals surface area contributed by atoms with Gasteiger partial charge in [0.2, 0.25) is 0 Å². The Hall–Kier alpha value is -1.30. The molecule has 2 N–H and O–H groups in total. The number of ether oxygens (including phenoxy) is 1. The van der Waals surface area contributed by atoms with Crippen molar-refractivity contribution in [2.24, 2.45) is 5.41 Å². The molecule has 1 unspecified atom stereocenters. The van der Waals surface area contributed by atoms with Gasteiger partial charge in [0.05, 0.1) is 11.0 Å². The second-order valence-corrected chi connectivity index (χ2v) is 6.24. The molecule has 0 spiro atoms. The van der Waals surface area contributed by atoms with E-state index in [1.807, 2.05) is 20.8 Å². The van der Waals surface area contributed by atoms with Crippen molar-refractivity contribution in [2.75, 3.05) is 26.2 Å². The molecule has 0 aromatic carbocycles. The number of piperidine rings is 1. The number of nitrogens with zero attached hydrogens (tertiary/aromatic N) is 1. The third-order valence-corrected chi connectivity index (χ3v) is 3.70. The van der Waals surface area contributed by atoms with E-state index < -0.39 is 17.0 Å². The van der Waals surface area contributed by atoms with Crippen LogP contribution in [0.3, 0.4) is 0 Å². The fourth-order valence-corrected chi connectivity index (χ4v) is 2.43. The maximum absolute atomic E-state index is 12.1. The van der Waals surface area contributed by atoms with Gasteiger partial charge in [0.1, 0.15) is 0 Å². The average molecular weight is 286 g/mol. The van der Waals surface area contributed by atoms with Crippen molar-refractivity contribution >= 4 is 12.0 Å². The highest BCUT2D eigenvalue weighted by molar-refractivity contribution is 5.78. The number of nitrogens with one attached hydrogen (secondary N) is 1. The van der Waals surface area contributed by atoms with Crippen LogP contribution in [0.15, 0.2) is 0 Å². The zero-order valence-electron chi connectivity index (χ0n) is 12.9. The average Bonchev–Trinajstić information content (AvgIpc) is 2.36. The fraction of sp³-hybridized carbons (Fsp3) is 0.857. The molecule has 0 bridgehead atoms. The van der Waals surface area contributed by atoms with E-state index in [2.05, 4.69) is 5.32 Å². The molecule has 1 saturated heterocycles. The summed E-state index contributed by atoms with van der Waals surface area (Å²) in [6.45, 7) is 9.27. The summed E-state index contributed by atoms with van der Waals surface area (Å²) in [6.07, 6.45) is 1.32. The highest BCUT2D eigenvalue weighted by Gasteiger charge is 2.39. The van der Waals surface area contributed by atoms with Crippen molar-refractivity contribution in [1.29, 1.82) is 0 Å². The van der Waals surface area contributed by atoms with Gasteiger partial charge in [-0.05, 0) is 40.5 Å². The number of rotatable bonds is 5. The Morgan fingerprint density at radius 2 is 2.10 bits per heavy atom. The molecular weight excluding hydrogens is 260 g/mol. The first-order valence-electron chi connectivity index (χ1n) is 7.10. The van der Waals surface area contributed by atoms with E-state index in [1.54, 1.807) is 11.8 Å². The first kappa shape index (κ1) is 16.8. The van der Waals surface area contributed by atoms with E-state index >= 15 is 0 Å². The van der Waals surface area contributed by atoms with Crippen LogP contribution in [-0.2, 0) is 9.53 Å². The number of carboxylic acid groups (broad SMARTS) is 1. The van der Waals surface area contributed by atoms with E-state index in [0.717, 1.165) is 0 Å². The third kappa shape index (κ3) is 4.37. The lowest BCUT2D eigenvalue weighted by Crippen LogP contribution is -2.53. The molecule has 6 heteroatoms. The highest BCUT2D eigenvalue weighted by atomic mass is 16.5. The second kappa shape index (κ2) is 6.43. The van der Waals surface area contributed by atoms with E-state index in [-0.39, 0.29) is 12.6 Å². The van der Waals surface area contributed by atoms with Gasteiger partial charge in [-0.25, -0.2) is 4.79 Å². The Morgan fingerprint density at radius 3 is 2.65 bits per heavy atom. The fourth-order valence-electron chi connectivity index (χ4n) is 2.43. The second-order valence-electron chi connectivity index (χ2n) is 6.24. The van der Waals surface area contributed by atoms with Gasteiger partial charge in [0.25, 0.3) is 0 Å². The molecule has 0 aromatic heterocycles. The summed E-state index contributed by atoms with van der Waals surface area (Å²) < 4.78 is 5.52. The van der Waals surface area contributed by atoms with Crippen LogP contribution in [-0.4, -0.2) is 53.8 Å². The van der Waals surface area contributed by atoms with Crippen LogP contribution in [0.1, 0.15) is 40.5 Å². The minimum absolute atomic E-state index is 0.218. The Labute approximate surface area is 120 Å². The van der Waals surface area contributed by atoms with Crippen LogP contribution in [0.5, 0.6) is 0 Å². The topological polar surface area (TPSA) is 78.9 Å². The summed E-state index contributed by atoms with van der Waals surface area (Å²) in [7, 11) is 0. The molecule has 2 amide bonds. The van der Waals surface area contributed by atoms with Crippen molar-refractivity contribution in [3.63, 3.8) is 0 Å². The highest BCUT2D eigenvalue weighted by Crippen LogP contribution is 2.29. The van der Waals surface area contributed by atoms with E-state index in [0.29, 0.717) is 32.5 Å². The SMILES string of the molecule is CCOC(C)(C)CNC(=O)N1CCCC(C)(C(=O)O)C1. The first-order chi connectivity index (χ1) is 9.20. The molecule has 0 aliphatic carbocycles. The van der Waals surface area contributed by atoms with Gasteiger partial charge in [0.15, 0.2) is 0 Å². The molecule has 1 atom stereocenters. The molecule has 1 aliphatic rings. The number of hydrogen-bond acceptors (Lipinski definition) is 3. The Morgan fingerprint density at radius 1 is 1.45 bits per heavy atom. The largest absolute Gasteiger partial charge is 0.481 e. The molecule has 0 aromatic rings. The van der Waals surface area contributed by atoms with Gasteiger partial charge < -0.3 is 20.1 Å². The smallest absolute Gasteiger partial charge is 0.317 e. The van der Waals surface area contributed by atoms with Crippen LogP contribution in [0.4, 0.5) is 4.79 Å². The van der Waals surface area contributed by atoms with Gasteiger partial charge in [-0.15, -0.1) is 0 Å². The maximum atomic E-state index is 12.1. The first-order valence-corrected chi connectivity index (χ1v) is 7.10. The summed E-state index contributed by atoms with van der Waals surface area (Å²) in [5, 5.41) is 12.1. The number of likely N-dealkylation sites (tertiary alicyclic amines) is 1. The minimum atomic E-state index is -0.843. The molecule has 1 fully saturated rings. The predicted octanol–water partition coefficient (Wildman–Crippen LogP) is 1.70. The van der Waals surface area contributed by atoms with Gasteiger partial charge >= 0.3 is 12.0 Å². The number of hydrogen-bond donors (Lipinski definition) is 2. The van der Waals surface area contributed by atoms with Crippen LogP contribution in [0.25, 0.3) is 0 Å². The van der Waals surface area contributed by atoms with Crippen LogP contribution >= 0.6 is 0 Å². The standard InChI is InChI=1S/C14H26N2O4/c1-5-20-13(2,3)9-15-12(19)16-8-6-7-14(4,10-16)11(17)18/h5-10H2,1-4H3,(H,15,19)(H,17,18). The normalized spacial score (nSPS) is 23.5. The lowest BCUT2D eigenvalue weighted by molar-refractivity contribution is -0.150. The van der Waals surface area contributed by atoms with Crippen LogP contribution in [0.2, 0.25) is 0 Å². The third-order valence-electron chi connectivity index (χ3n) is 3.70. The monoisotopic (exact) mass is 286 g/mol. The Bertz CT molecular complexity index is 370. The zero-order valence-corrected chi connectivity index (χ0v) is 12.9. The molecule has 0 saturated carbocycles. The number of urea groups is 1. The predicted molar refractivity (Wildman–Crippen MR) is 75.7 cm³/mol. The molecule has 6 nitrogen and oxygen atoms in total. The van der Waals surface area contributed by atoms with Crippen molar-refractivity contribution in [2.45, 2.75) is 46.1 Å². The van der Waals surface area contributed by atoms with Gasteiger partial charge in [-0.3, -0.25) is 4.79 Å². The Balaban J connectivity index is 2.53. The van der Waals surface area contributed by atoms with E-state index in [4.69, 9.17) is 4.74 Å². The summed E-state index contributed by atoms with van der Waals surface area (Å²) in [4.78, 5) is 25.0. The van der Waals surface area contributed by atoms with Crippen LogP contribution < -0.4 is 5.32 Å². The minimum Gasteiger partial charge on any atom is -0.481 e. The molecule has 1 rings (SSSR count). The van der Waals surface area contributed by atoms with E-state index in [1.165, 1.54) is 0 Å². The molecule has 20 heavy (non-hydrogen) atoms. The molecular formula is C14H26N2O4. The Kier molecular flexibility index (Phi) is 5.39. The quantitative estimate of drug-likeness (QED) is 0.806. The molecule has 1 aliphatic heterocycles. The van der Waals surface area contributed by atoms with Crippen molar-refractivity contribution in [3.05, 3.63) is 0 Å². The van der Waals surface area contributed by atoms with Gasteiger partial charge in [-0.2, -0.15) is 0 Å². The summed E-state index contributed by atoms with van der Waals surface area (Å²) in [5.41, 5.74) is -1.26. The lowest BCUT2D eigenvalue weighted by atomic mass is 9.82. The molecule has 1 heterocycles. The number of carbonyl (C=O) groups excluding carboxylic acids is 1. The van der Waals surface area contributed by atoms with Crippen molar-refractivity contribution in [1.82, 2.24) is 10.2 Å². The molecule has 116 valence electrons. The summed E-state index contributed by atoms with van der Waals surface area (Å²) in [6, 6.07) is -0.218. The van der Waals surface area contributed by atoms with E-state index in [9.17, 15) is 14.7 Å². The number of aliphatic carboxylic acids is 1. The lowest BCUT2D eigenvalue weighted by Gasteiger charge is -2.38. The number of amides is 2. The van der Waals surface area contributed by atoms with Crippen molar-refractivity contribution < 1.29 is 19.4 Å². The van der Waals surface area contributed by atoms with Crippen molar-refractivity contribution in [3.8, 4) is 0 Å². The van der Waals surface area contributed by atoms with Crippen LogP contribution in [0, 0.1) is 5.41 Å². The zero-order chi connectivity index (χ0) is 15.4. The summed E-state index contributed by atoms with van der Waals surface area (Å²) in [5.74, 6) is -0.843. The van der Waals surface area contributed by atoms with Gasteiger partial charge in [-0.1, -0.05) is 0 Å². The summed E-state index contributed by atoms with van der Waals surface area (Å²) >= 11 is 0.